The fourth-order valence-electron chi connectivity index (χ4n) is 3.05. The molecular formula is C15H25N5O2. The van der Waals surface area contributed by atoms with Crippen molar-refractivity contribution in [1.29, 1.82) is 0 Å². The van der Waals surface area contributed by atoms with Crippen LogP contribution in [0.1, 0.15) is 30.1 Å². The fourth-order valence-corrected chi connectivity index (χ4v) is 3.05. The molecule has 7 nitrogen and oxygen atoms in total. The predicted molar refractivity (Wildman–Crippen MR) is 81.3 cm³/mol. The van der Waals surface area contributed by atoms with Crippen molar-refractivity contribution in [1.82, 2.24) is 24.8 Å². The molecule has 0 spiro atoms. The number of aryl methyl sites for hydroxylation is 1. The van der Waals surface area contributed by atoms with Gasteiger partial charge in [-0.1, -0.05) is 5.21 Å². The molecule has 22 heavy (non-hydrogen) atoms. The van der Waals surface area contributed by atoms with Crippen molar-refractivity contribution in [2.24, 2.45) is 13.0 Å². The maximum atomic E-state index is 11.6. The molecule has 2 heterocycles. The molecule has 1 aromatic heterocycles. The van der Waals surface area contributed by atoms with Gasteiger partial charge in [-0.25, -0.2) is 0 Å². The van der Waals surface area contributed by atoms with E-state index < -0.39 is 0 Å². The summed E-state index contributed by atoms with van der Waals surface area (Å²) in [6.07, 6.45) is 2.70. The van der Waals surface area contributed by atoms with Crippen LogP contribution in [-0.2, 0) is 23.1 Å². The molecular weight excluding hydrogens is 282 g/mol. The number of hydrogen-bond acceptors (Lipinski definition) is 5. The molecule has 122 valence electrons. The van der Waals surface area contributed by atoms with Gasteiger partial charge in [0.25, 0.3) is 0 Å². The molecule has 3 rings (SSSR count). The van der Waals surface area contributed by atoms with Gasteiger partial charge in [0.1, 0.15) is 12.3 Å². The summed E-state index contributed by atoms with van der Waals surface area (Å²) >= 11 is 0. The second-order valence-corrected chi connectivity index (χ2v) is 6.68. The first-order valence-electron chi connectivity index (χ1n) is 7.93. The Bertz CT molecular complexity index is 538. The Morgan fingerprint density at radius 1 is 1.41 bits per heavy atom. The van der Waals surface area contributed by atoms with Gasteiger partial charge < -0.3 is 9.64 Å². The Labute approximate surface area is 131 Å². The van der Waals surface area contributed by atoms with Gasteiger partial charge in [0.2, 0.25) is 5.91 Å². The molecule has 0 bridgehead atoms. The Kier molecular flexibility index (Phi) is 4.44. The summed E-state index contributed by atoms with van der Waals surface area (Å²) in [4.78, 5) is 15.6. The first-order chi connectivity index (χ1) is 10.5. The summed E-state index contributed by atoms with van der Waals surface area (Å²) in [5.74, 6) is 1.08. The highest BCUT2D eigenvalue weighted by Crippen LogP contribution is 2.33. The van der Waals surface area contributed by atoms with Crippen LogP contribution >= 0.6 is 0 Å². The largest absolute Gasteiger partial charge is 0.371 e. The zero-order chi connectivity index (χ0) is 15.7. The van der Waals surface area contributed by atoms with E-state index >= 15 is 0 Å². The molecule has 0 aromatic carbocycles. The van der Waals surface area contributed by atoms with Gasteiger partial charge in [-0.3, -0.25) is 14.4 Å². The second-order valence-electron chi connectivity index (χ2n) is 6.68. The van der Waals surface area contributed by atoms with Crippen LogP contribution in [0, 0.1) is 5.92 Å². The zero-order valence-electron chi connectivity index (χ0n) is 13.7. The van der Waals surface area contributed by atoms with Crippen molar-refractivity contribution in [3.05, 3.63) is 11.4 Å². The Hall–Kier alpha value is -1.47. The van der Waals surface area contributed by atoms with Crippen molar-refractivity contribution in [3.63, 3.8) is 0 Å². The van der Waals surface area contributed by atoms with E-state index in [1.165, 1.54) is 12.8 Å². The molecule has 2 aliphatic rings. The number of nitrogens with zero attached hydrogens (tertiary/aromatic N) is 5. The molecule has 1 aliphatic heterocycles. The standard InChI is InChI=1S/C15H25N5O2/c1-18(2)14(21)10-22-9-12-7-20(6-11-4-5-11)8-13-15(12)19(3)17-16-13/h11-12H,4-10H2,1-3H3/t12-/m0/s1. The highest BCUT2D eigenvalue weighted by Gasteiger charge is 2.33. The van der Waals surface area contributed by atoms with Crippen LogP contribution in [0.2, 0.25) is 0 Å². The van der Waals surface area contributed by atoms with Gasteiger partial charge in [0.15, 0.2) is 0 Å². The molecule has 1 aromatic rings. The third kappa shape index (κ3) is 3.47. The average Bonchev–Trinajstić information content (AvgIpc) is 3.20. The summed E-state index contributed by atoms with van der Waals surface area (Å²) in [6.45, 7) is 3.65. The lowest BCUT2D eigenvalue weighted by atomic mass is 9.98. The molecule has 0 radical (unpaired) electrons. The summed E-state index contributed by atoms with van der Waals surface area (Å²) in [5.41, 5.74) is 2.21. The minimum atomic E-state index is -0.00556. The molecule has 0 N–H and O–H groups in total. The number of amides is 1. The number of carbonyl (C=O) groups is 1. The molecule has 1 aliphatic carbocycles. The number of carbonyl (C=O) groups excluding carboxylic acids is 1. The Balaban J connectivity index is 1.62. The van der Waals surface area contributed by atoms with E-state index in [4.69, 9.17) is 4.74 Å². The highest BCUT2D eigenvalue weighted by molar-refractivity contribution is 5.76. The normalized spacial score (nSPS) is 21.7. The third-order valence-electron chi connectivity index (χ3n) is 4.44. The SMILES string of the molecule is CN(C)C(=O)COC[C@@H]1CN(CC2CC2)Cc2nnn(C)c21. The first kappa shape index (κ1) is 15.4. The number of ether oxygens (including phenoxy) is 1. The van der Waals surface area contributed by atoms with E-state index in [2.05, 4.69) is 15.2 Å². The Morgan fingerprint density at radius 2 is 2.18 bits per heavy atom. The van der Waals surface area contributed by atoms with E-state index in [-0.39, 0.29) is 18.4 Å². The summed E-state index contributed by atoms with van der Waals surface area (Å²) in [6, 6.07) is 0. The molecule has 1 saturated carbocycles. The fraction of sp³-hybridized carbons (Fsp3) is 0.800. The number of fused-ring (bicyclic) bond motifs is 1. The van der Waals surface area contributed by atoms with Gasteiger partial charge in [-0.05, 0) is 18.8 Å². The number of hydrogen-bond donors (Lipinski definition) is 0. The number of aromatic nitrogens is 3. The molecule has 0 unspecified atom stereocenters. The van der Waals surface area contributed by atoms with Crippen LogP contribution < -0.4 is 0 Å². The van der Waals surface area contributed by atoms with Gasteiger partial charge in [0, 0.05) is 46.7 Å². The van der Waals surface area contributed by atoms with Gasteiger partial charge in [0.05, 0.1) is 12.3 Å². The number of rotatable bonds is 6. The van der Waals surface area contributed by atoms with E-state index in [0.717, 1.165) is 36.9 Å². The van der Waals surface area contributed by atoms with E-state index in [0.29, 0.717) is 6.61 Å². The summed E-state index contributed by atoms with van der Waals surface area (Å²) < 4.78 is 7.51. The van der Waals surface area contributed by atoms with Crippen LogP contribution in [0.3, 0.4) is 0 Å². The quantitative estimate of drug-likeness (QED) is 0.753. The summed E-state index contributed by atoms with van der Waals surface area (Å²) in [7, 11) is 5.42. The zero-order valence-corrected chi connectivity index (χ0v) is 13.7. The van der Waals surface area contributed by atoms with Crippen LogP contribution in [0.5, 0.6) is 0 Å². The molecule has 1 amide bonds. The Morgan fingerprint density at radius 3 is 2.86 bits per heavy atom. The van der Waals surface area contributed by atoms with E-state index in [9.17, 15) is 4.79 Å². The lowest BCUT2D eigenvalue weighted by Gasteiger charge is -2.32. The lowest BCUT2D eigenvalue weighted by molar-refractivity contribution is -0.133. The average molecular weight is 307 g/mol. The maximum absolute atomic E-state index is 11.6. The van der Waals surface area contributed by atoms with Crippen molar-refractivity contribution in [3.8, 4) is 0 Å². The topological polar surface area (TPSA) is 63.5 Å². The second kappa shape index (κ2) is 6.34. The molecule has 1 fully saturated rings. The number of likely N-dealkylation sites (N-methyl/N-ethyl adjacent to an activating group) is 1. The lowest BCUT2D eigenvalue weighted by Crippen LogP contribution is -2.38. The van der Waals surface area contributed by atoms with Crippen LogP contribution in [-0.4, -0.2) is 71.1 Å². The molecule has 0 saturated heterocycles. The van der Waals surface area contributed by atoms with Crippen LogP contribution in [0.15, 0.2) is 0 Å². The van der Waals surface area contributed by atoms with E-state index in [1.54, 1.807) is 19.0 Å². The summed E-state index contributed by atoms with van der Waals surface area (Å²) in [5, 5.41) is 8.45. The molecule has 1 atom stereocenters. The van der Waals surface area contributed by atoms with Crippen molar-refractivity contribution < 1.29 is 9.53 Å². The van der Waals surface area contributed by atoms with Crippen molar-refractivity contribution in [2.75, 3.05) is 40.4 Å². The van der Waals surface area contributed by atoms with Gasteiger partial charge in [-0.15, -0.1) is 5.10 Å². The third-order valence-corrected chi connectivity index (χ3v) is 4.44. The minimum Gasteiger partial charge on any atom is -0.371 e. The first-order valence-corrected chi connectivity index (χ1v) is 7.93. The van der Waals surface area contributed by atoms with E-state index in [1.807, 2.05) is 11.7 Å². The smallest absolute Gasteiger partial charge is 0.248 e. The molecule has 7 heteroatoms. The van der Waals surface area contributed by atoms with Crippen molar-refractivity contribution in [2.45, 2.75) is 25.3 Å². The monoisotopic (exact) mass is 307 g/mol. The van der Waals surface area contributed by atoms with Crippen LogP contribution in [0.4, 0.5) is 0 Å². The highest BCUT2D eigenvalue weighted by atomic mass is 16.5. The maximum Gasteiger partial charge on any atom is 0.248 e. The van der Waals surface area contributed by atoms with Crippen molar-refractivity contribution >= 4 is 5.91 Å². The van der Waals surface area contributed by atoms with Gasteiger partial charge in [-0.2, -0.15) is 0 Å². The van der Waals surface area contributed by atoms with Crippen LogP contribution in [0.25, 0.3) is 0 Å². The van der Waals surface area contributed by atoms with Gasteiger partial charge >= 0.3 is 0 Å². The predicted octanol–water partition coefficient (Wildman–Crippen LogP) is 0.229. The minimum absolute atomic E-state index is 0.00556.